The van der Waals surface area contributed by atoms with Crippen molar-refractivity contribution in [1.82, 2.24) is 19.8 Å². The highest BCUT2D eigenvalue weighted by atomic mass is 16.5. The van der Waals surface area contributed by atoms with Crippen molar-refractivity contribution in [2.45, 2.75) is 33.4 Å². The number of ether oxygens (including phenoxy) is 4. The molecule has 270 valence electrons. The molecule has 1 amide bonds. The number of nitrogens with one attached hydrogen (secondary N) is 1. The van der Waals surface area contributed by atoms with Crippen LogP contribution in [0.3, 0.4) is 0 Å². The molecule has 0 aliphatic carbocycles. The number of hydrogen-bond donors (Lipinski definition) is 1. The highest BCUT2D eigenvalue weighted by molar-refractivity contribution is 6.04. The van der Waals surface area contributed by atoms with Crippen molar-refractivity contribution in [3.8, 4) is 22.6 Å². The van der Waals surface area contributed by atoms with Crippen molar-refractivity contribution in [2.75, 3.05) is 72.1 Å². The van der Waals surface area contributed by atoms with E-state index >= 15 is 0 Å². The van der Waals surface area contributed by atoms with Crippen LogP contribution in [0.15, 0.2) is 60.9 Å². The fourth-order valence-corrected chi connectivity index (χ4v) is 8.16. The van der Waals surface area contributed by atoms with Crippen molar-refractivity contribution in [3.63, 3.8) is 0 Å². The number of ketones is 1. The lowest BCUT2D eigenvalue weighted by molar-refractivity contribution is -0.191. The van der Waals surface area contributed by atoms with Gasteiger partial charge >= 0.3 is 0 Å². The summed E-state index contributed by atoms with van der Waals surface area (Å²) < 4.78 is 22.1. The summed E-state index contributed by atoms with van der Waals surface area (Å²) in [6.07, 6.45) is 3.71. The van der Waals surface area contributed by atoms with E-state index in [-0.39, 0.29) is 23.8 Å². The molecule has 1 N–H and O–H groups in total. The van der Waals surface area contributed by atoms with Crippen LogP contribution in [-0.2, 0) is 29.0 Å². The third-order valence-electron chi connectivity index (χ3n) is 11.2. The van der Waals surface area contributed by atoms with Gasteiger partial charge in [0.2, 0.25) is 0 Å². The molecule has 0 radical (unpaired) electrons. The standard InChI is InChI=1S/C41H45N5O6/c1-26-28(11-36(47)34-12-37(49-3)29(14-42-34)16-45-18-40(19-45)22-51-23-40)7-5-8-31(26)32-9-6-10-33(27(32)2)44-39(48)35-13-38(50-4)30(15-43-35)17-46-20-41(21-46)24-52-25-41/h5-10,12-15H,11,16-25H2,1-4H3,(H,44,48). The summed E-state index contributed by atoms with van der Waals surface area (Å²) in [6.45, 7) is 12.9. The number of rotatable bonds is 12. The summed E-state index contributed by atoms with van der Waals surface area (Å²) in [5, 5.41) is 3.06. The molecule has 4 saturated heterocycles. The first kappa shape index (κ1) is 34.4. The Kier molecular flexibility index (Phi) is 9.07. The van der Waals surface area contributed by atoms with Crippen molar-refractivity contribution in [2.24, 2.45) is 10.8 Å². The number of carbonyl (C=O) groups is 2. The number of benzene rings is 2. The lowest BCUT2D eigenvalue weighted by atomic mass is 9.78. The van der Waals surface area contributed by atoms with Gasteiger partial charge in [-0.15, -0.1) is 0 Å². The molecule has 4 aliphatic rings. The third kappa shape index (κ3) is 6.47. The van der Waals surface area contributed by atoms with E-state index in [9.17, 15) is 9.59 Å². The maximum absolute atomic E-state index is 13.6. The molecule has 4 aliphatic heterocycles. The van der Waals surface area contributed by atoms with Crippen molar-refractivity contribution in [3.05, 3.63) is 100 Å². The molecular weight excluding hydrogens is 658 g/mol. The Morgan fingerprint density at radius 1 is 0.731 bits per heavy atom. The molecule has 0 atom stereocenters. The largest absolute Gasteiger partial charge is 0.496 e. The summed E-state index contributed by atoms with van der Waals surface area (Å²) >= 11 is 0. The van der Waals surface area contributed by atoms with Gasteiger partial charge in [0.15, 0.2) is 5.78 Å². The Balaban J connectivity index is 0.939. The summed E-state index contributed by atoms with van der Waals surface area (Å²) in [4.78, 5) is 40.8. The topological polar surface area (TPSA) is 115 Å². The van der Waals surface area contributed by atoms with Gasteiger partial charge in [-0.05, 0) is 47.7 Å². The van der Waals surface area contributed by atoms with Crippen LogP contribution < -0.4 is 14.8 Å². The molecule has 2 aromatic carbocycles. The predicted molar refractivity (Wildman–Crippen MR) is 196 cm³/mol. The lowest BCUT2D eigenvalue weighted by Gasteiger charge is -2.55. The van der Waals surface area contributed by atoms with Gasteiger partial charge in [0, 0.05) is 97.9 Å². The quantitative estimate of drug-likeness (QED) is 0.200. The Hall–Kier alpha value is -4.68. The van der Waals surface area contributed by atoms with Gasteiger partial charge in [-0.3, -0.25) is 29.4 Å². The maximum atomic E-state index is 13.6. The molecule has 0 bridgehead atoms. The van der Waals surface area contributed by atoms with Crippen LogP contribution in [-0.4, -0.2) is 98.3 Å². The van der Waals surface area contributed by atoms with Gasteiger partial charge in [0.05, 0.1) is 40.6 Å². The zero-order valence-electron chi connectivity index (χ0n) is 30.3. The first-order valence-corrected chi connectivity index (χ1v) is 17.9. The second kappa shape index (κ2) is 13.7. The van der Waals surface area contributed by atoms with E-state index in [0.29, 0.717) is 33.7 Å². The van der Waals surface area contributed by atoms with Crippen molar-refractivity contribution >= 4 is 17.4 Å². The first-order chi connectivity index (χ1) is 25.2. The number of amides is 1. The molecule has 11 nitrogen and oxygen atoms in total. The minimum absolute atomic E-state index is 0.0759. The van der Waals surface area contributed by atoms with E-state index in [1.165, 1.54) is 0 Å². The molecule has 0 saturated carbocycles. The monoisotopic (exact) mass is 703 g/mol. The number of nitrogens with zero attached hydrogens (tertiary/aromatic N) is 4. The minimum atomic E-state index is -0.314. The molecule has 6 heterocycles. The second-order valence-corrected chi connectivity index (χ2v) is 15.2. The van der Waals surface area contributed by atoms with E-state index in [1.807, 2.05) is 50.2 Å². The summed E-state index contributed by atoms with van der Waals surface area (Å²) in [5.74, 6) is 0.935. The molecule has 2 spiro atoms. The smallest absolute Gasteiger partial charge is 0.274 e. The number of methoxy groups -OCH3 is 2. The summed E-state index contributed by atoms with van der Waals surface area (Å²) in [7, 11) is 3.25. The third-order valence-corrected chi connectivity index (χ3v) is 11.2. The molecular formula is C41H45N5O6. The van der Waals surface area contributed by atoms with Crippen molar-refractivity contribution < 1.29 is 28.5 Å². The predicted octanol–water partition coefficient (Wildman–Crippen LogP) is 5.12. The number of hydrogen-bond acceptors (Lipinski definition) is 10. The molecule has 4 fully saturated rings. The average molecular weight is 704 g/mol. The normalized spacial score (nSPS) is 18.5. The number of likely N-dealkylation sites (tertiary alicyclic amines) is 2. The van der Waals surface area contributed by atoms with Gasteiger partial charge in [-0.1, -0.05) is 30.3 Å². The molecule has 8 rings (SSSR count). The zero-order valence-corrected chi connectivity index (χ0v) is 30.3. The first-order valence-electron chi connectivity index (χ1n) is 17.9. The average Bonchev–Trinajstić information content (AvgIpc) is 3.07. The highest BCUT2D eigenvalue weighted by Gasteiger charge is 2.49. The van der Waals surface area contributed by atoms with Gasteiger partial charge in [-0.25, -0.2) is 0 Å². The number of aromatic nitrogens is 2. The maximum Gasteiger partial charge on any atom is 0.274 e. The molecule has 2 aromatic heterocycles. The fourth-order valence-electron chi connectivity index (χ4n) is 8.16. The molecule has 11 heteroatoms. The van der Waals surface area contributed by atoms with E-state index in [4.69, 9.17) is 18.9 Å². The molecule has 52 heavy (non-hydrogen) atoms. The van der Waals surface area contributed by atoms with E-state index in [0.717, 1.165) is 105 Å². The Morgan fingerprint density at radius 3 is 1.79 bits per heavy atom. The van der Waals surface area contributed by atoms with Crippen molar-refractivity contribution in [1.29, 1.82) is 0 Å². The fraction of sp³-hybridized carbons (Fsp3) is 0.415. The number of pyridine rings is 2. The van der Waals surface area contributed by atoms with Crippen LogP contribution in [0, 0.1) is 24.7 Å². The van der Waals surface area contributed by atoms with E-state index in [2.05, 4.69) is 25.1 Å². The zero-order chi connectivity index (χ0) is 36.0. The Bertz CT molecular complexity index is 1880. The van der Waals surface area contributed by atoms with Crippen LogP contribution in [0.25, 0.3) is 11.1 Å². The van der Waals surface area contributed by atoms with Crippen LogP contribution in [0.1, 0.15) is 48.8 Å². The Labute approximate surface area is 304 Å². The minimum Gasteiger partial charge on any atom is -0.496 e. The summed E-state index contributed by atoms with van der Waals surface area (Å²) in [6, 6.07) is 15.3. The van der Waals surface area contributed by atoms with Crippen LogP contribution in [0.5, 0.6) is 11.5 Å². The van der Waals surface area contributed by atoms with Gasteiger partial charge in [-0.2, -0.15) is 0 Å². The van der Waals surface area contributed by atoms with Crippen LogP contribution >= 0.6 is 0 Å². The second-order valence-electron chi connectivity index (χ2n) is 15.2. The molecule has 4 aromatic rings. The SMILES string of the molecule is COc1cc(C(=O)Cc2cccc(-c3cccc(NC(=O)c4cc(OC)c(CN5CC6(COC6)C5)cn4)c3C)c2C)ncc1CN1CC2(COC2)C1. The number of anilines is 1. The Morgan fingerprint density at radius 2 is 1.25 bits per heavy atom. The van der Waals surface area contributed by atoms with Crippen LogP contribution in [0.2, 0.25) is 0 Å². The van der Waals surface area contributed by atoms with E-state index in [1.54, 1.807) is 38.7 Å². The van der Waals surface area contributed by atoms with Crippen LogP contribution in [0.4, 0.5) is 5.69 Å². The van der Waals surface area contributed by atoms with Gasteiger partial charge in [0.25, 0.3) is 5.91 Å². The number of carbonyl (C=O) groups excluding carboxylic acids is 2. The molecule has 0 unspecified atom stereocenters. The number of Topliss-reactive ketones (excluding diaryl/α,β-unsaturated/α-hetero) is 1. The summed E-state index contributed by atoms with van der Waals surface area (Å²) in [5.41, 5.74) is 8.74. The van der Waals surface area contributed by atoms with Gasteiger partial charge in [0.1, 0.15) is 22.9 Å². The van der Waals surface area contributed by atoms with E-state index < -0.39 is 0 Å². The lowest BCUT2D eigenvalue weighted by Crippen LogP contribution is -2.65. The highest BCUT2D eigenvalue weighted by Crippen LogP contribution is 2.40. The van der Waals surface area contributed by atoms with Gasteiger partial charge < -0.3 is 24.3 Å².